The molecule has 2 aliphatic rings. The van der Waals surface area contributed by atoms with E-state index in [0.29, 0.717) is 5.69 Å². The number of carbonyl (C=O) groups excluding carboxylic acids is 1. The fourth-order valence-electron chi connectivity index (χ4n) is 4.36. The minimum atomic E-state index is -0.293. The Labute approximate surface area is 141 Å². The number of benzene rings is 1. The highest BCUT2D eigenvalue weighted by molar-refractivity contribution is 5.93. The minimum Gasteiger partial charge on any atom is -0.348 e. The van der Waals surface area contributed by atoms with Gasteiger partial charge in [0.1, 0.15) is 11.5 Å². The van der Waals surface area contributed by atoms with Crippen molar-refractivity contribution in [3.05, 3.63) is 48.3 Å². The fraction of sp³-hybridized carbons (Fsp3) is 0.474. The maximum absolute atomic E-state index is 13.1. The largest absolute Gasteiger partial charge is 0.348 e. The summed E-state index contributed by atoms with van der Waals surface area (Å²) in [6.07, 6.45) is 10.6. The maximum atomic E-state index is 13.1. The number of hydrogen-bond donors (Lipinski definition) is 1. The van der Waals surface area contributed by atoms with Crippen molar-refractivity contribution in [3.8, 4) is 5.69 Å². The van der Waals surface area contributed by atoms with E-state index in [2.05, 4.69) is 10.3 Å². The molecule has 0 aliphatic heterocycles. The number of amides is 1. The third kappa shape index (κ3) is 2.95. The van der Waals surface area contributed by atoms with Gasteiger partial charge in [-0.25, -0.2) is 9.37 Å². The maximum Gasteiger partial charge on any atom is 0.270 e. The van der Waals surface area contributed by atoms with Crippen molar-refractivity contribution in [1.82, 2.24) is 14.9 Å². The molecule has 2 fully saturated rings. The van der Waals surface area contributed by atoms with E-state index in [1.807, 2.05) is 0 Å². The molecule has 126 valence electrons. The molecule has 0 spiro atoms. The highest BCUT2D eigenvalue weighted by Crippen LogP contribution is 2.42. The summed E-state index contributed by atoms with van der Waals surface area (Å²) in [5, 5.41) is 3.18. The van der Waals surface area contributed by atoms with Crippen molar-refractivity contribution < 1.29 is 9.18 Å². The summed E-state index contributed by atoms with van der Waals surface area (Å²) in [5.74, 6) is 1.27. The normalized spacial score (nSPS) is 26.1. The third-order valence-corrected chi connectivity index (χ3v) is 5.60. The summed E-state index contributed by atoms with van der Waals surface area (Å²) in [4.78, 5) is 16.8. The zero-order valence-electron chi connectivity index (χ0n) is 13.6. The topological polar surface area (TPSA) is 46.9 Å². The molecule has 1 aromatic carbocycles. The Morgan fingerprint density at radius 1 is 1.12 bits per heavy atom. The molecule has 1 amide bonds. The van der Waals surface area contributed by atoms with E-state index in [4.69, 9.17) is 0 Å². The van der Waals surface area contributed by atoms with Crippen LogP contribution in [0, 0.1) is 17.7 Å². The van der Waals surface area contributed by atoms with Gasteiger partial charge in [0.15, 0.2) is 0 Å². The van der Waals surface area contributed by atoms with Crippen LogP contribution in [0.15, 0.2) is 36.8 Å². The first-order valence-electron chi connectivity index (χ1n) is 8.80. The lowest BCUT2D eigenvalue weighted by Crippen LogP contribution is -2.40. The summed E-state index contributed by atoms with van der Waals surface area (Å²) < 4.78 is 14.8. The Bertz CT molecular complexity index is 724. The van der Waals surface area contributed by atoms with Gasteiger partial charge in [-0.05, 0) is 55.4 Å². The highest BCUT2D eigenvalue weighted by atomic mass is 19.1. The van der Waals surface area contributed by atoms with Crippen LogP contribution in [0.25, 0.3) is 5.69 Å². The molecule has 5 heteroatoms. The zero-order valence-corrected chi connectivity index (χ0v) is 13.6. The Kier molecular flexibility index (Phi) is 4.08. The van der Waals surface area contributed by atoms with Crippen molar-refractivity contribution in [2.45, 2.75) is 44.6 Å². The second-order valence-corrected chi connectivity index (χ2v) is 7.06. The van der Waals surface area contributed by atoms with Gasteiger partial charge >= 0.3 is 0 Å². The molecule has 2 aromatic rings. The van der Waals surface area contributed by atoms with Gasteiger partial charge in [0.05, 0.1) is 12.5 Å². The second-order valence-electron chi connectivity index (χ2n) is 7.06. The number of carbonyl (C=O) groups is 1. The molecule has 3 unspecified atom stereocenters. The standard InChI is InChI=1S/C19H22FN3O/c20-15-5-8-17(9-6-15)23-12-21-11-18(23)19(24)22-16-7-4-13-2-1-3-14(13)10-16/h5-6,8-9,11-14,16H,1-4,7,10H2,(H,22,24). The van der Waals surface area contributed by atoms with Crippen LogP contribution in [-0.4, -0.2) is 21.5 Å². The van der Waals surface area contributed by atoms with Gasteiger partial charge in [0, 0.05) is 11.7 Å². The van der Waals surface area contributed by atoms with Gasteiger partial charge in [-0.3, -0.25) is 9.36 Å². The van der Waals surface area contributed by atoms with E-state index >= 15 is 0 Å². The van der Waals surface area contributed by atoms with E-state index in [0.717, 1.165) is 30.4 Å². The van der Waals surface area contributed by atoms with Crippen molar-refractivity contribution in [1.29, 1.82) is 0 Å². The lowest BCUT2D eigenvalue weighted by molar-refractivity contribution is 0.0903. The quantitative estimate of drug-likeness (QED) is 0.934. The smallest absolute Gasteiger partial charge is 0.270 e. The van der Waals surface area contributed by atoms with E-state index in [-0.39, 0.29) is 17.8 Å². The van der Waals surface area contributed by atoms with E-state index in [9.17, 15) is 9.18 Å². The first-order valence-corrected chi connectivity index (χ1v) is 8.80. The molecule has 4 nitrogen and oxygen atoms in total. The van der Waals surface area contributed by atoms with Crippen LogP contribution < -0.4 is 5.32 Å². The number of hydrogen-bond acceptors (Lipinski definition) is 2. The minimum absolute atomic E-state index is 0.0988. The monoisotopic (exact) mass is 327 g/mol. The second kappa shape index (κ2) is 6.38. The number of rotatable bonds is 3. The van der Waals surface area contributed by atoms with Gasteiger partial charge in [-0.1, -0.05) is 19.3 Å². The zero-order chi connectivity index (χ0) is 16.5. The average Bonchev–Trinajstić information content (AvgIpc) is 3.24. The third-order valence-electron chi connectivity index (χ3n) is 5.60. The van der Waals surface area contributed by atoms with Crippen LogP contribution in [-0.2, 0) is 0 Å². The number of nitrogens with zero attached hydrogens (tertiary/aromatic N) is 2. The predicted octanol–water partition coefficient (Wildman–Crippen LogP) is 3.71. The molecule has 1 N–H and O–H groups in total. The molecular weight excluding hydrogens is 305 g/mol. The first kappa shape index (κ1) is 15.4. The van der Waals surface area contributed by atoms with Gasteiger partial charge < -0.3 is 5.32 Å². The van der Waals surface area contributed by atoms with Gasteiger partial charge in [-0.15, -0.1) is 0 Å². The van der Waals surface area contributed by atoms with Gasteiger partial charge in [-0.2, -0.15) is 0 Å². The summed E-state index contributed by atoms with van der Waals surface area (Å²) in [7, 11) is 0. The van der Waals surface area contributed by atoms with Crippen LogP contribution in [0.2, 0.25) is 0 Å². The van der Waals surface area contributed by atoms with Crippen LogP contribution >= 0.6 is 0 Å². The number of nitrogens with one attached hydrogen (secondary N) is 1. The number of imidazole rings is 1. The number of halogens is 1. The Morgan fingerprint density at radius 2 is 1.92 bits per heavy atom. The van der Waals surface area contributed by atoms with Gasteiger partial charge in [0.25, 0.3) is 5.91 Å². The molecule has 0 bridgehead atoms. The van der Waals surface area contributed by atoms with Gasteiger partial charge in [0.2, 0.25) is 0 Å². The molecule has 2 aliphatic carbocycles. The van der Waals surface area contributed by atoms with Crippen LogP contribution in [0.4, 0.5) is 4.39 Å². The lowest BCUT2D eigenvalue weighted by Gasteiger charge is -2.32. The highest BCUT2D eigenvalue weighted by Gasteiger charge is 2.34. The van der Waals surface area contributed by atoms with Crippen molar-refractivity contribution in [2.24, 2.45) is 11.8 Å². The van der Waals surface area contributed by atoms with Crippen molar-refractivity contribution in [2.75, 3.05) is 0 Å². The van der Waals surface area contributed by atoms with Crippen molar-refractivity contribution in [3.63, 3.8) is 0 Å². The average molecular weight is 327 g/mol. The number of fused-ring (bicyclic) bond motifs is 1. The molecule has 3 atom stereocenters. The molecular formula is C19H22FN3O. The van der Waals surface area contributed by atoms with Crippen LogP contribution in [0.5, 0.6) is 0 Å². The SMILES string of the molecule is O=C(NC1CCC2CCCC2C1)c1cncn1-c1ccc(F)cc1. The van der Waals surface area contributed by atoms with Crippen molar-refractivity contribution >= 4 is 5.91 Å². The van der Waals surface area contributed by atoms with Crippen LogP contribution in [0.1, 0.15) is 49.0 Å². The lowest BCUT2D eigenvalue weighted by atomic mass is 9.79. The molecule has 0 saturated heterocycles. The Balaban J connectivity index is 1.47. The van der Waals surface area contributed by atoms with E-state index in [1.165, 1.54) is 37.8 Å². The Morgan fingerprint density at radius 3 is 2.75 bits per heavy atom. The predicted molar refractivity (Wildman–Crippen MR) is 89.5 cm³/mol. The molecule has 2 saturated carbocycles. The summed E-state index contributed by atoms with van der Waals surface area (Å²) in [5.41, 5.74) is 1.23. The molecule has 24 heavy (non-hydrogen) atoms. The molecule has 1 aromatic heterocycles. The molecule has 0 radical (unpaired) electrons. The summed E-state index contributed by atoms with van der Waals surface area (Å²) in [6.45, 7) is 0. The summed E-state index contributed by atoms with van der Waals surface area (Å²) in [6, 6.07) is 6.33. The van der Waals surface area contributed by atoms with E-state index < -0.39 is 0 Å². The fourth-order valence-corrected chi connectivity index (χ4v) is 4.36. The summed E-state index contributed by atoms with van der Waals surface area (Å²) >= 11 is 0. The first-order chi connectivity index (χ1) is 11.7. The van der Waals surface area contributed by atoms with Crippen LogP contribution in [0.3, 0.4) is 0 Å². The van der Waals surface area contributed by atoms with E-state index in [1.54, 1.807) is 29.2 Å². The molecule has 4 rings (SSSR count). The number of aromatic nitrogens is 2. The Hall–Kier alpha value is -2.17. The molecule has 1 heterocycles.